The fourth-order valence-corrected chi connectivity index (χ4v) is 1.86. The van der Waals surface area contributed by atoms with Crippen LogP contribution in [0.1, 0.15) is 11.3 Å². The molecule has 0 aliphatic rings. The molecular formula is C15H12N3O2. The van der Waals surface area contributed by atoms with E-state index in [1.54, 1.807) is 12.1 Å². The SMILES string of the molecule is Cc1onc(-c2ccccc2)c1COc1cc[c]nn1. The Kier molecular flexibility index (Phi) is 3.41. The Bertz CT molecular complexity index is 681. The predicted octanol–water partition coefficient (Wildman–Crippen LogP) is 2.82. The first-order chi connectivity index (χ1) is 9.84. The van der Waals surface area contributed by atoms with E-state index in [2.05, 4.69) is 21.6 Å². The van der Waals surface area contributed by atoms with Crippen LogP contribution in [0.5, 0.6) is 5.88 Å². The number of hydrogen-bond acceptors (Lipinski definition) is 5. The summed E-state index contributed by atoms with van der Waals surface area (Å²) in [6.45, 7) is 2.20. The molecule has 3 aromatic rings. The number of hydrogen-bond donors (Lipinski definition) is 0. The summed E-state index contributed by atoms with van der Waals surface area (Å²) < 4.78 is 10.9. The third-order valence-electron chi connectivity index (χ3n) is 2.90. The predicted molar refractivity (Wildman–Crippen MR) is 71.9 cm³/mol. The molecule has 0 aliphatic carbocycles. The fraction of sp³-hybridized carbons (Fsp3) is 0.133. The van der Waals surface area contributed by atoms with E-state index in [1.807, 2.05) is 37.3 Å². The summed E-state index contributed by atoms with van der Waals surface area (Å²) in [5.41, 5.74) is 2.69. The largest absolute Gasteiger partial charge is 0.472 e. The van der Waals surface area contributed by atoms with Gasteiger partial charge in [0, 0.05) is 11.6 Å². The molecule has 5 nitrogen and oxygen atoms in total. The lowest BCUT2D eigenvalue weighted by molar-refractivity contribution is 0.287. The maximum Gasteiger partial charge on any atom is 0.233 e. The topological polar surface area (TPSA) is 61.0 Å². The van der Waals surface area contributed by atoms with E-state index < -0.39 is 0 Å². The van der Waals surface area contributed by atoms with E-state index in [0.29, 0.717) is 12.5 Å². The van der Waals surface area contributed by atoms with E-state index in [4.69, 9.17) is 9.26 Å². The molecule has 0 atom stereocenters. The zero-order valence-corrected chi connectivity index (χ0v) is 10.9. The van der Waals surface area contributed by atoms with Crippen LogP contribution < -0.4 is 4.74 Å². The van der Waals surface area contributed by atoms with Crippen LogP contribution in [0.3, 0.4) is 0 Å². The van der Waals surface area contributed by atoms with Crippen LogP contribution in [0.2, 0.25) is 0 Å². The molecule has 1 radical (unpaired) electrons. The number of aromatic nitrogens is 3. The van der Waals surface area contributed by atoms with Crippen LogP contribution in [0.15, 0.2) is 47.0 Å². The van der Waals surface area contributed by atoms with Crippen LogP contribution in [-0.2, 0) is 6.61 Å². The quantitative estimate of drug-likeness (QED) is 0.726. The number of rotatable bonds is 4. The summed E-state index contributed by atoms with van der Waals surface area (Å²) in [5.74, 6) is 1.18. The molecule has 0 saturated carbocycles. The van der Waals surface area contributed by atoms with Crippen molar-refractivity contribution in [1.29, 1.82) is 0 Å². The smallest absolute Gasteiger partial charge is 0.233 e. The molecule has 2 aromatic heterocycles. The third-order valence-corrected chi connectivity index (χ3v) is 2.90. The minimum atomic E-state index is 0.332. The lowest BCUT2D eigenvalue weighted by atomic mass is 10.1. The van der Waals surface area contributed by atoms with Gasteiger partial charge in [-0.1, -0.05) is 35.5 Å². The lowest BCUT2D eigenvalue weighted by Gasteiger charge is -2.04. The molecule has 0 fully saturated rings. The normalized spacial score (nSPS) is 10.4. The number of aryl methyl sites for hydroxylation is 1. The van der Waals surface area contributed by atoms with E-state index in [0.717, 1.165) is 22.6 Å². The maximum absolute atomic E-state index is 5.60. The summed E-state index contributed by atoms with van der Waals surface area (Å²) in [6, 6.07) is 13.2. The van der Waals surface area contributed by atoms with Crippen molar-refractivity contribution < 1.29 is 9.26 Å². The second kappa shape index (κ2) is 5.52. The second-order valence-electron chi connectivity index (χ2n) is 4.22. The van der Waals surface area contributed by atoms with Gasteiger partial charge in [0.25, 0.3) is 0 Å². The van der Waals surface area contributed by atoms with Crippen molar-refractivity contribution in [3.05, 3.63) is 60.0 Å². The van der Waals surface area contributed by atoms with Crippen molar-refractivity contribution in [3.8, 4) is 17.1 Å². The van der Waals surface area contributed by atoms with Crippen LogP contribution >= 0.6 is 0 Å². The molecule has 0 aliphatic heterocycles. The van der Waals surface area contributed by atoms with Gasteiger partial charge in [-0.2, -0.15) is 0 Å². The standard InChI is InChI=1S/C15H12N3O2/c1-11-13(10-19-14-8-5-9-16-17-14)15(18-20-11)12-6-3-2-4-7-12/h2-8H,10H2,1H3. The Hall–Kier alpha value is -2.69. The molecule has 99 valence electrons. The molecule has 2 heterocycles. The fourth-order valence-electron chi connectivity index (χ4n) is 1.86. The summed E-state index contributed by atoms with van der Waals surface area (Å²) in [6.07, 6.45) is 2.60. The monoisotopic (exact) mass is 266 g/mol. The first-order valence-corrected chi connectivity index (χ1v) is 6.18. The summed E-state index contributed by atoms with van der Waals surface area (Å²) in [4.78, 5) is 0. The van der Waals surface area contributed by atoms with Gasteiger partial charge in [-0.3, -0.25) is 0 Å². The molecule has 0 unspecified atom stereocenters. The van der Waals surface area contributed by atoms with Crippen molar-refractivity contribution in [3.63, 3.8) is 0 Å². The average molecular weight is 266 g/mol. The number of ether oxygens (including phenoxy) is 1. The van der Waals surface area contributed by atoms with Crippen molar-refractivity contribution in [2.24, 2.45) is 0 Å². The zero-order valence-electron chi connectivity index (χ0n) is 10.9. The van der Waals surface area contributed by atoms with Gasteiger partial charge < -0.3 is 9.26 Å². The van der Waals surface area contributed by atoms with Crippen molar-refractivity contribution in [1.82, 2.24) is 15.4 Å². The highest BCUT2D eigenvalue weighted by molar-refractivity contribution is 5.63. The van der Waals surface area contributed by atoms with Crippen molar-refractivity contribution >= 4 is 0 Å². The van der Waals surface area contributed by atoms with Gasteiger partial charge in [0.15, 0.2) is 0 Å². The summed E-state index contributed by atoms with van der Waals surface area (Å²) in [5, 5.41) is 11.6. The van der Waals surface area contributed by atoms with E-state index in [-0.39, 0.29) is 0 Å². The van der Waals surface area contributed by atoms with Gasteiger partial charge in [0.1, 0.15) is 24.3 Å². The Morgan fingerprint density at radius 2 is 2.05 bits per heavy atom. The lowest BCUT2D eigenvalue weighted by Crippen LogP contribution is -2.00. The van der Waals surface area contributed by atoms with Gasteiger partial charge in [-0.05, 0) is 13.0 Å². The molecule has 0 saturated heterocycles. The first kappa shape index (κ1) is 12.3. The molecular weight excluding hydrogens is 254 g/mol. The highest BCUT2D eigenvalue weighted by Gasteiger charge is 2.15. The van der Waals surface area contributed by atoms with Crippen LogP contribution in [0, 0.1) is 13.1 Å². The minimum Gasteiger partial charge on any atom is -0.472 e. The van der Waals surface area contributed by atoms with Crippen LogP contribution in [-0.4, -0.2) is 15.4 Å². The van der Waals surface area contributed by atoms with E-state index >= 15 is 0 Å². The Morgan fingerprint density at radius 3 is 2.80 bits per heavy atom. The van der Waals surface area contributed by atoms with Crippen molar-refractivity contribution in [2.45, 2.75) is 13.5 Å². The van der Waals surface area contributed by atoms with Crippen molar-refractivity contribution in [2.75, 3.05) is 0 Å². The van der Waals surface area contributed by atoms with Gasteiger partial charge in [-0.25, -0.2) is 0 Å². The molecule has 20 heavy (non-hydrogen) atoms. The van der Waals surface area contributed by atoms with Gasteiger partial charge in [-0.15, -0.1) is 10.2 Å². The van der Waals surface area contributed by atoms with Gasteiger partial charge in [0.2, 0.25) is 5.88 Å². The molecule has 1 aromatic carbocycles. The highest BCUT2D eigenvalue weighted by atomic mass is 16.5. The van der Waals surface area contributed by atoms with E-state index in [9.17, 15) is 0 Å². The minimum absolute atomic E-state index is 0.332. The van der Waals surface area contributed by atoms with Crippen LogP contribution in [0.4, 0.5) is 0 Å². The average Bonchev–Trinajstić information content (AvgIpc) is 2.88. The number of benzene rings is 1. The molecule has 0 bridgehead atoms. The molecule has 5 heteroatoms. The van der Waals surface area contributed by atoms with E-state index in [1.165, 1.54) is 0 Å². The molecule has 0 amide bonds. The van der Waals surface area contributed by atoms with Gasteiger partial charge >= 0.3 is 0 Å². The number of nitrogens with zero attached hydrogens (tertiary/aromatic N) is 3. The summed E-state index contributed by atoms with van der Waals surface area (Å²) >= 11 is 0. The Balaban J connectivity index is 1.85. The molecule has 0 N–H and O–H groups in total. The molecule has 3 rings (SSSR count). The highest BCUT2D eigenvalue weighted by Crippen LogP contribution is 2.25. The van der Waals surface area contributed by atoms with Gasteiger partial charge in [0.05, 0.1) is 5.56 Å². The Labute approximate surface area is 116 Å². The summed E-state index contributed by atoms with van der Waals surface area (Å²) in [7, 11) is 0. The van der Waals surface area contributed by atoms with Crippen LogP contribution in [0.25, 0.3) is 11.3 Å². The first-order valence-electron chi connectivity index (χ1n) is 6.18. The molecule has 0 spiro atoms. The third kappa shape index (κ3) is 2.51. The Morgan fingerprint density at radius 1 is 1.20 bits per heavy atom. The maximum atomic E-state index is 5.60. The zero-order chi connectivity index (χ0) is 13.8. The second-order valence-corrected chi connectivity index (χ2v) is 4.22.